The van der Waals surface area contributed by atoms with Crippen molar-refractivity contribution >= 4 is 56.0 Å². The molecule has 0 radical (unpaired) electrons. The lowest BCUT2D eigenvalue weighted by molar-refractivity contribution is -0.141. The van der Waals surface area contributed by atoms with Crippen LogP contribution < -0.4 is 24.8 Å². The molecule has 3 saturated carbocycles. The van der Waals surface area contributed by atoms with Gasteiger partial charge in [0.25, 0.3) is 5.91 Å². The summed E-state index contributed by atoms with van der Waals surface area (Å²) in [6, 6.07) is 3.12. The van der Waals surface area contributed by atoms with Crippen LogP contribution in [0.5, 0.6) is 11.5 Å². The molecular formula is C44H57N7O8S2. The van der Waals surface area contributed by atoms with Gasteiger partial charge in [-0.05, 0) is 91.2 Å². The van der Waals surface area contributed by atoms with Crippen molar-refractivity contribution in [2.75, 3.05) is 20.7 Å². The van der Waals surface area contributed by atoms with Gasteiger partial charge in [-0.3, -0.25) is 19.1 Å². The maximum absolute atomic E-state index is 14.9. The molecule has 5 atom stereocenters. The highest BCUT2D eigenvalue weighted by Gasteiger charge is 2.62. The number of sulfonamides is 1. The molecule has 2 aliphatic heterocycles. The molecule has 2 aromatic heterocycles. The van der Waals surface area contributed by atoms with Gasteiger partial charge >= 0.3 is 6.03 Å². The lowest BCUT2D eigenvalue weighted by Crippen LogP contribution is -2.59. The Balaban J connectivity index is 1.14. The van der Waals surface area contributed by atoms with E-state index in [4.69, 9.17) is 19.4 Å². The fourth-order valence-corrected chi connectivity index (χ4v) is 10.6. The molecule has 4 fully saturated rings. The van der Waals surface area contributed by atoms with Gasteiger partial charge in [0.15, 0.2) is 0 Å². The maximum atomic E-state index is 14.9. The van der Waals surface area contributed by atoms with E-state index in [1.54, 1.807) is 19.1 Å². The van der Waals surface area contributed by atoms with Crippen molar-refractivity contribution in [2.24, 2.45) is 5.92 Å². The van der Waals surface area contributed by atoms with Crippen LogP contribution in [0.1, 0.15) is 109 Å². The lowest BCUT2D eigenvalue weighted by Gasteiger charge is -2.35. The molecule has 0 unspecified atom stereocenters. The standard InChI is InChI=1S/C44H57N7O8S2/c1-25-35(58-6)19-18-30-36(21-32(45-37(25)30)39-46-33(24-60-39)26-14-15-26)59-28-20-34-38(52)48-44(41(54)49-61(56,57)29-16-17-29)22-27(44)12-10-8-7-9-11-13-31(40(53)51(34)23-28)47-42(55)50(5)43(2,3)4/h10,12,18-19,21,24,26-29,31,34H,7-9,11,13-17,20,22-23H2,1-6H3,(H,47,55)(H,48,52)(H,49,54)/b12-10-/t27-,28-,31+,34+,44-/m1/s1. The smallest absolute Gasteiger partial charge is 0.318 e. The van der Waals surface area contributed by atoms with Crippen LogP contribution in [0, 0.1) is 12.8 Å². The first kappa shape index (κ1) is 42.9. The Bertz CT molecular complexity index is 2370. The summed E-state index contributed by atoms with van der Waals surface area (Å²) in [5, 5.41) is 8.84. The normalized spacial score (nSPS) is 26.6. The zero-order valence-electron chi connectivity index (χ0n) is 35.8. The maximum Gasteiger partial charge on any atom is 0.318 e. The van der Waals surface area contributed by atoms with Crippen LogP contribution in [0.4, 0.5) is 4.79 Å². The van der Waals surface area contributed by atoms with Gasteiger partial charge in [-0.25, -0.2) is 23.2 Å². The van der Waals surface area contributed by atoms with Gasteiger partial charge in [0.2, 0.25) is 21.8 Å². The summed E-state index contributed by atoms with van der Waals surface area (Å²) in [6.45, 7) is 7.65. The van der Waals surface area contributed by atoms with E-state index in [2.05, 4.69) is 20.7 Å². The summed E-state index contributed by atoms with van der Waals surface area (Å²) in [4.78, 5) is 70.1. The summed E-state index contributed by atoms with van der Waals surface area (Å²) in [6.07, 6.45) is 9.92. The van der Waals surface area contributed by atoms with Crippen molar-refractivity contribution in [1.82, 2.24) is 35.1 Å². The van der Waals surface area contributed by atoms with E-state index < -0.39 is 74.2 Å². The average molecular weight is 876 g/mol. The average Bonchev–Trinajstić information content (AvgIpc) is 4.17. The largest absolute Gasteiger partial charge is 0.496 e. The van der Waals surface area contributed by atoms with E-state index in [0.29, 0.717) is 60.7 Å². The number of ether oxygens (including phenoxy) is 2. The Morgan fingerprint density at radius 3 is 2.52 bits per heavy atom. The van der Waals surface area contributed by atoms with Crippen molar-refractivity contribution in [3.05, 3.63) is 47.0 Å². The van der Waals surface area contributed by atoms with Crippen LogP contribution in [0.2, 0.25) is 0 Å². The minimum Gasteiger partial charge on any atom is -0.496 e. The van der Waals surface area contributed by atoms with Crippen LogP contribution in [-0.4, -0.2) is 107 Å². The Hall–Kier alpha value is -4.77. The fourth-order valence-electron chi connectivity index (χ4n) is 8.36. The molecule has 17 heteroatoms. The number of nitrogens with zero attached hydrogens (tertiary/aromatic N) is 4. The number of fused-ring (bicyclic) bond motifs is 3. The number of thiazole rings is 1. The first-order chi connectivity index (χ1) is 29.0. The molecule has 4 heterocycles. The molecule has 5 amide bonds. The lowest BCUT2D eigenvalue weighted by atomic mass is 10.0. The summed E-state index contributed by atoms with van der Waals surface area (Å²) in [7, 11) is -0.620. The third kappa shape index (κ3) is 8.95. The second-order valence-corrected chi connectivity index (χ2v) is 21.2. The summed E-state index contributed by atoms with van der Waals surface area (Å²) >= 11 is 1.52. The van der Waals surface area contributed by atoms with Gasteiger partial charge in [-0.15, -0.1) is 11.3 Å². The molecule has 0 spiro atoms. The van der Waals surface area contributed by atoms with E-state index >= 15 is 0 Å². The first-order valence-electron chi connectivity index (χ1n) is 21.5. The van der Waals surface area contributed by atoms with Gasteiger partial charge in [0, 0.05) is 53.2 Å². The van der Waals surface area contributed by atoms with E-state index in [9.17, 15) is 27.6 Å². The quantitative estimate of drug-likeness (QED) is 0.225. The number of carbonyl (C=O) groups is 4. The number of pyridine rings is 1. The van der Waals surface area contributed by atoms with Gasteiger partial charge in [0.05, 0.1) is 30.1 Å². The molecule has 3 N–H and O–H groups in total. The fraction of sp³-hybridized carbons (Fsp3) is 0.591. The number of hydrogen-bond acceptors (Lipinski definition) is 11. The van der Waals surface area contributed by atoms with Gasteiger partial charge in [0.1, 0.15) is 45.9 Å². The minimum absolute atomic E-state index is 0.00829. The number of nitrogens with one attached hydrogen (secondary N) is 3. The number of benzene rings is 1. The van der Waals surface area contributed by atoms with E-state index in [1.165, 1.54) is 16.2 Å². The number of carbonyl (C=O) groups excluding carboxylic acids is 4. The molecule has 0 bridgehead atoms. The van der Waals surface area contributed by atoms with Crippen molar-refractivity contribution in [2.45, 2.75) is 139 Å². The van der Waals surface area contributed by atoms with Crippen molar-refractivity contribution in [3.63, 3.8) is 0 Å². The summed E-state index contributed by atoms with van der Waals surface area (Å²) < 4.78 is 40.7. The van der Waals surface area contributed by atoms with Gasteiger partial charge in [-0.1, -0.05) is 25.0 Å². The second kappa shape index (κ2) is 16.5. The third-order valence-electron chi connectivity index (χ3n) is 12.8. The summed E-state index contributed by atoms with van der Waals surface area (Å²) in [5.41, 5.74) is 1.14. The predicted molar refractivity (Wildman–Crippen MR) is 232 cm³/mol. The zero-order chi connectivity index (χ0) is 43.4. The van der Waals surface area contributed by atoms with E-state index in [-0.39, 0.29) is 19.4 Å². The molecule has 3 aliphatic carbocycles. The Labute approximate surface area is 361 Å². The number of allylic oxidation sites excluding steroid dienone is 1. The van der Waals surface area contributed by atoms with Crippen LogP contribution in [0.3, 0.4) is 0 Å². The predicted octanol–water partition coefficient (Wildman–Crippen LogP) is 5.71. The molecule has 1 aromatic carbocycles. The Morgan fingerprint density at radius 1 is 1.05 bits per heavy atom. The monoisotopic (exact) mass is 875 g/mol. The molecule has 1 saturated heterocycles. The number of rotatable bonds is 9. The Kier molecular flexibility index (Phi) is 11.6. The number of urea groups is 1. The van der Waals surface area contributed by atoms with Gasteiger partial charge in [-0.2, -0.15) is 0 Å². The molecular weight excluding hydrogens is 819 g/mol. The molecule has 61 heavy (non-hydrogen) atoms. The highest BCUT2D eigenvalue weighted by Crippen LogP contribution is 2.47. The third-order valence-corrected chi connectivity index (χ3v) is 15.6. The number of methoxy groups -OCH3 is 1. The highest BCUT2D eigenvalue weighted by molar-refractivity contribution is 7.91. The zero-order valence-corrected chi connectivity index (χ0v) is 37.4. The van der Waals surface area contributed by atoms with Crippen LogP contribution in [-0.2, 0) is 24.4 Å². The number of aryl methyl sites for hydroxylation is 1. The highest BCUT2D eigenvalue weighted by atomic mass is 32.2. The van der Waals surface area contributed by atoms with Crippen LogP contribution in [0.15, 0.2) is 35.7 Å². The van der Waals surface area contributed by atoms with Crippen molar-refractivity contribution in [3.8, 4) is 22.2 Å². The van der Waals surface area contributed by atoms with Crippen LogP contribution in [0.25, 0.3) is 21.6 Å². The van der Waals surface area contributed by atoms with Gasteiger partial charge < -0.3 is 29.9 Å². The van der Waals surface area contributed by atoms with E-state index in [1.807, 2.05) is 58.0 Å². The van der Waals surface area contributed by atoms with Crippen LogP contribution >= 0.6 is 11.3 Å². The minimum atomic E-state index is -3.91. The molecule has 328 valence electrons. The number of aromatic nitrogens is 2. The topological polar surface area (TPSA) is 189 Å². The van der Waals surface area contributed by atoms with Crippen molar-refractivity contribution < 1.29 is 37.1 Å². The van der Waals surface area contributed by atoms with Crippen molar-refractivity contribution in [1.29, 1.82) is 0 Å². The number of amides is 5. The molecule has 3 aromatic rings. The molecule has 5 aliphatic rings. The second-order valence-electron chi connectivity index (χ2n) is 18.4. The first-order valence-corrected chi connectivity index (χ1v) is 23.9. The van der Waals surface area contributed by atoms with E-state index in [0.717, 1.165) is 47.3 Å². The number of hydrogen-bond donors (Lipinski definition) is 3. The molecule has 15 nitrogen and oxygen atoms in total. The summed E-state index contributed by atoms with van der Waals surface area (Å²) in [5.74, 6) is -0.615. The Morgan fingerprint density at radius 2 is 1.82 bits per heavy atom. The molecule has 8 rings (SSSR count). The SMILES string of the molecule is COc1ccc2c(O[C@@H]3C[C@H]4C(=O)N[C@]5(C(=O)NS(=O)(=O)C6CC6)C[C@H]5/C=C\CCCCC[C@H](NC(=O)N(C)C(C)(C)C)C(=O)N4C3)cc(-c3nc(C4CC4)cs3)nc2c1C.